The molecule has 0 saturated heterocycles. The van der Waals surface area contributed by atoms with Crippen LogP contribution in [0.4, 0.5) is 0 Å². The molecule has 0 aliphatic carbocycles. The summed E-state index contributed by atoms with van der Waals surface area (Å²) in [5, 5.41) is 0.617. The van der Waals surface area contributed by atoms with Crippen LogP contribution in [0.15, 0.2) is 30.9 Å². The van der Waals surface area contributed by atoms with Gasteiger partial charge in [0.2, 0.25) is 0 Å². The molecule has 16 heavy (non-hydrogen) atoms. The molecule has 2 unspecified atom stereocenters. The third-order valence-corrected chi connectivity index (χ3v) is 2.49. The van der Waals surface area contributed by atoms with Crippen molar-refractivity contribution in [2.24, 2.45) is 5.73 Å². The molecule has 1 aromatic rings. The third-order valence-electron chi connectivity index (χ3n) is 2.20. The van der Waals surface area contributed by atoms with E-state index < -0.39 is 0 Å². The van der Waals surface area contributed by atoms with Crippen LogP contribution in [0, 0.1) is 0 Å². The molecule has 88 valence electrons. The monoisotopic (exact) mass is 239 g/mol. The van der Waals surface area contributed by atoms with E-state index in [4.69, 9.17) is 22.1 Å². The molecule has 0 aliphatic heterocycles. The SMILES string of the molecule is C=CC(C)Oc1ccc(CC(C)N)cc1Cl. The maximum atomic E-state index is 6.11. The topological polar surface area (TPSA) is 35.2 Å². The predicted octanol–water partition coefficient (Wildman–Crippen LogP) is 3.18. The average Bonchev–Trinajstić information content (AvgIpc) is 2.21. The first kappa shape index (κ1) is 13.1. The van der Waals surface area contributed by atoms with Crippen LogP contribution >= 0.6 is 11.6 Å². The summed E-state index contributed by atoms with van der Waals surface area (Å²) in [5.74, 6) is 0.683. The summed E-state index contributed by atoms with van der Waals surface area (Å²) in [6.07, 6.45) is 2.50. The van der Waals surface area contributed by atoms with Crippen molar-refractivity contribution in [1.82, 2.24) is 0 Å². The van der Waals surface area contributed by atoms with Gasteiger partial charge in [-0.05, 0) is 38.0 Å². The van der Waals surface area contributed by atoms with Gasteiger partial charge in [0.05, 0.1) is 5.02 Å². The molecule has 2 nitrogen and oxygen atoms in total. The Labute approximate surface area is 102 Å². The van der Waals surface area contributed by atoms with E-state index in [0.29, 0.717) is 10.8 Å². The molecule has 0 heterocycles. The second-order valence-corrected chi connectivity index (χ2v) is 4.41. The van der Waals surface area contributed by atoms with E-state index in [1.165, 1.54) is 0 Å². The first-order valence-corrected chi connectivity index (χ1v) is 5.74. The Hall–Kier alpha value is -0.990. The molecule has 0 saturated carbocycles. The molecule has 0 bridgehead atoms. The number of nitrogens with two attached hydrogens (primary N) is 1. The zero-order valence-corrected chi connectivity index (χ0v) is 10.5. The number of benzene rings is 1. The third kappa shape index (κ3) is 3.87. The molecule has 2 atom stereocenters. The summed E-state index contributed by atoms with van der Waals surface area (Å²) in [6.45, 7) is 7.54. The Bertz CT molecular complexity index is 363. The van der Waals surface area contributed by atoms with Crippen molar-refractivity contribution in [3.8, 4) is 5.75 Å². The Morgan fingerprint density at radius 2 is 2.19 bits per heavy atom. The minimum Gasteiger partial charge on any atom is -0.485 e. The number of hydrogen-bond acceptors (Lipinski definition) is 2. The highest BCUT2D eigenvalue weighted by Crippen LogP contribution is 2.26. The van der Waals surface area contributed by atoms with Crippen LogP contribution in [-0.4, -0.2) is 12.1 Å². The van der Waals surface area contributed by atoms with Crippen LogP contribution in [0.2, 0.25) is 5.02 Å². The Kier molecular flexibility index (Phi) is 4.84. The summed E-state index contributed by atoms with van der Waals surface area (Å²) in [4.78, 5) is 0. The van der Waals surface area contributed by atoms with Gasteiger partial charge in [0.25, 0.3) is 0 Å². The lowest BCUT2D eigenvalue weighted by Gasteiger charge is -2.13. The Morgan fingerprint density at radius 1 is 1.50 bits per heavy atom. The average molecular weight is 240 g/mol. The minimum atomic E-state index is -0.0446. The molecule has 2 N–H and O–H groups in total. The molecule has 0 aromatic heterocycles. The molecule has 1 aromatic carbocycles. The predicted molar refractivity (Wildman–Crippen MR) is 69.1 cm³/mol. The van der Waals surface area contributed by atoms with E-state index in [9.17, 15) is 0 Å². The van der Waals surface area contributed by atoms with Crippen LogP contribution in [0.5, 0.6) is 5.75 Å². The lowest BCUT2D eigenvalue weighted by Crippen LogP contribution is -2.17. The van der Waals surface area contributed by atoms with E-state index in [2.05, 4.69) is 6.58 Å². The van der Waals surface area contributed by atoms with E-state index in [1.54, 1.807) is 6.08 Å². The molecule has 3 heteroatoms. The zero-order chi connectivity index (χ0) is 12.1. The van der Waals surface area contributed by atoms with Crippen LogP contribution < -0.4 is 10.5 Å². The van der Waals surface area contributed by atoms with Crippen LogP contribution in [0.1, 0.15) is 19.4 Å². The maximum Gasteiger partial charge on any atom is 0.138 e. The van der Waals surface area contributed by atoms with Gasteiger partial charge in [-0.1, -0.05) is 30.3 Å². The standard InChI is InChI=1S/C13H18ClNO/c1-4-10(3)16-13-6-5-11(7-9(2)15)8-12(13)14/h4-6,8-10H,1,7,15H2,2-3H3. The van der Waals surface area contributed by atoms with E-state index >= 15 is 0 Å². The first-order chi connectivity index (χ1) is 7.52. The first-order valence-electron chi connectivity index (χ1n) is 5.36. The molecular formula is C13H18ClNO. The van der Waals surface area contributed by atoms with Crippen molar-refractivity contribution in [2.75, 3.05) is 0 Å². The summed E-state index contributed by atoms with van der Waals surface area (Å²) < 4.78 is 5.57. The maximum absolute atomic E-state index is 6.11. The smallest absolute Gasteiger partial charge is 0.138 e. The fraction of sp³-hybridized carbons (Fsp3) is 0.385. The number of hydrogen-bond donors (Lipinski definition) is 1. The normalized spacial score (nSPS) is 14.2. The van der Waals surface area contributed by atoms with Crippen LogP contribution in [-0.2, 0) is 6.42 Å². The second kappa shape index (κ2) is 5.92. The summed E-state index contributed by atoms with van der Waals surface area (Å²) in [7, 11) is 0. The number of halogens is 1. The highest BCUT2D eigenvalue weighted by molar-refractivity contribution is 6.32. The van der Waals surface area contributed by atoms with Gasteiger partial charge in [-0.2, -0.15) is 0 Å². The highest BCUT2D eigenvalue weighted by Gasteiger charge is 2.06. The van der Waals surface area contributed by atoms with Crippen LogP contribution in [0.25, 0.3) is 0 Å². The molecular weight excluding hydrogens is 222 g/mol. The molecule has 0 radical (unpaired) electrons. The molecule has 0 aliphatic rings. The van der Waals surface area contributed by atoms with E-state index in [1.807, 2.05) is 32.0 Å². The van der Waals surface area contributed by atoms with E-state index in [0.717, 1.165) is 12.0 Å². The molecule has 0 amide bonds. The van der Waals surface area contributed by atoms with Gasteiger partial charge in [-0.25, -0.2) is 0 Å². The van der Waals surface area contributed by atoms with Gasteiger partial charge in [0.15, 0.2) is 0 Å². The lowest BCUT2D eigenvalue weighted by molar-refractivity contribution is 0.270. The van der Waals surface area contributed by atoms with Crippen molar-refractivity contribution < 1.29 is 4.74 Å². The summed E-state index contributed by atoms with van der Waals surface area (Å²) in [5.41, 5.74) is 6.85. The largest absolute Gasteiger partial charge is 0.485 e. The fourth-order valence-electron chi connectivity index (χ4n) is 1.39. The Morgan fingerprint density at radius 3 is 2.69 bits per heavy atom. The van der Waals surface area contributed by atoms with Gasteiger partial charge in [-0.3, -0.25) is 0 Å². The van der Waals surface area contributed by atoms with Crippen LogP contribution in [0.3, 0.4) is 0 Å². The molecule has 0 spiro atoms. The van der Waals surface area contributed by atoms with Gasteiger partial charge in [0, 0.05) is 6.04 Å². The van der Waals surface area contributed by atoms with Gasteiger partial charge in [0.1, 0.15) is 11.9 Å². The zero-order valence-electron chi connectivity index (χ0n) is 9.74. The summed E-state index contributed by atoms with van der Waals surface area (Å²) >= 11 is 6.11. The van der Waals surface area contributed by atoms with Crippen molar-refractivity contribution >= 4 is 11.6 Å². The van der Waals surface area contributed by atoms with Crippen molar-refractivity contribution in [3.05, 3.63) is 41.4 Å². The van der Waals surface area contributed by atoms with Gasteiger partial charge >= 0.3 is 0 Å². The fourth-order valence-corrected chi connectivity index (χ4v) is 1.63. The number of rotatable bonds is 5. The summed E-state index contributed by atoms with van der Waals surface area (Å²) in [6, 6.07) is 5.89. The van der Waals surface area contributed by atoms with Crippen molar-refractivity contribution in [3.63, 3.8) is 0 Å². The second-order valence-electron chi connectivity index (χ2n) is 4.00. The van der Waals surface area contributed by atoms with Crippen molar-refractivity contribution in [1.29, 1.82) is 0 Å². The lowest BCUT2D eigenvalue weighted by atomic mass is 10.1. The van der Waals surface area contributed by atoms with Gasteiger partial charge < -0.3 is 10.5 Å². The molecule has 1 rings (SSSR count). The minimum absolute atomic E-state index is 0.0446. The Balaban J connectivity index is 2.78. The quantitative estimate of drug-likeness (QED) is 0.801. The molecule has 0 fully saturated rings. The highest BCUT2D eigenvalue weighted by atomic mass is 35.5. The van der Waals surface area contributed by atoms with E-state index in [-0.39, 0.29) is 12.1 Å². The van der Waals surface area contributed by atoms with Crippen molar-refractivity contribution in [2.45, 2.75) is 32.4 Å². The van der Waals surface area contributed by atoms with Gasteiger partial charge in [-0.15, -0.1) is 0 Å². The number of ether oxygens (including phenoxy) is 1.